The molecule has 1 nitrogen and oxygen atoms in total. The van der Waals surface area contributed by atoms with E-state index in [2.05, 4.69) is 97.1 Å². The molecule has 8 aromatic rings. The van der Waals surface area contributed by atoms with Crippen LogP contribution in [0.1, 0.15) is 34.5 Å². The van der Waals surface area contributed by atoms with E-state index in [1.165, 1.54) is 22.3 Å². The predicted octanol–water partition coefficient (Wildman–Crippen LogP) is 11.1. The molecule has 0 fully saturated rings. The van der Waals surface area contributed by atoms with Crippen molar-refractivity contribution in [2.24, 2.45) is 0 Å². The maximum Gasteiger partial charge on any atom is 0.0174 e. The zero-order chi connectivity index (χ0) is 29.6. The van der Waals surface area contributed by atoms with Crippen molar-refractivity contribution in [3.05, 3.63) is 241 Å². The summed E-state index contributed by atoms with van der Waals surface area (Å²) in [6.07, 6.45) is -0.121. The van der Waals surface area contributed by atoms with Crippen LogP contribution in [0.3, 0.4) is 0 Å². The molecule has 0 spiro atoms. The van der Waals surface area contributed by atoms with E-state index in [1.54, 1.807) is 0 Å². The number of hydrogen-bond donors (Lipinski definition) is 0. The first-order valence-corrected chi connectivity index (χ1v) is 14.6. The van der Waals surface area contributed by atoms with Crippen LogP contribution in [0.25, 0.3) is 0 Å². The third kappa shape index (κ3) is 17.0. The minimum atomic E-state index is -0.0604. The fourth-order valence-electron chi connectivity index (χ4n) is 4.37. The van der Waals surface area contributed by atoms with E-state index < -0.39 is 0 Å². The van der Waals surface area contributed by atoms with Gasteiger partial charge in [-0.15, -0.1) is 22.3 Å². The minimum absolute atomic E-state index is 0. The summed E-state index contributed by atoms with van der Waals surface area (Å²) in [6, 6.07) is 73.6. The molecule has 8 aromatic carbocycles. The first-order chi connectivity index (χ1) is 21.4. The molecular formula is C42H38Fe4O-12. The summed E-state index contributed by atoms with van der Waals surface area (Å²) in [5.74, 6) is 0. The molecule has 0 bridgehead atoms. The zero-order valence-corrected chi connectivity index (χ0v) is 30.2. The van der Waals surface area contributed by atoms with Gasteiger partial charge in [0.05, 0.1) is 0 Å². The second-order valence-electron chi connectivity index (χ2n) is 9.62. The molecular weight excluding hydrogens is 744 g/mol. The molecule has 5 heteroatoms. The van der Waals surface area contributed by atoms with Crippen LogP contribution in [0.4, 0.5) is 0 Å². The Morgan fingerprint density at radius 2 is 0.489 bits per heavy atom. The zero-order valence-electron chi connectivity index (χ0n) is 25.8. The Morgan fingerprint density at radius 3 is 0.638 bits per heavy atom. The molecule has 0 radical (unpaired) electrons. The van der Waals surface area contributed by atoms with Gasteiger partial charge >= 0.3 is 0 Å². The van der Waals surface area contributed by atoms with Crippen molar-refractivity contribution in [3.63, 3.8) is 0 Å². The van der Waals surface area contributed by atoms with Gasteiger partial charge < -0.3 is 35.1 Å². The van der Waals surface area contributed by atoms with Crippen molar-refractivity contribution >= 4 is 0 Å². The maximum atomic E-state index is 6.63. The van der Waals surface area contributed by atoms with Crippen LogP contribution < -0.4 is 0 Å². The summed E-state index contributed by atoms with van der Waals surface area (Å²) in [5.41, 5.74) is 4.78. The molecule has 0 aliphatic heterocycles. The average Bonchev–Trinajstić information content (AvgIpc) is 3.95. The largest absolute Gasteiger partial charge is 0.748 e. The maximum absolute atomic E-state index is 6.63. The summed E-state index contributed by atoms with van der Waals surface area (Å²) < 4.78 is 6.63. The van der Waals surface area contributed by atoms with Crippen LogP contribution in [-0.2, 0) is 73.0 Å². The van der Waals surface area contributed by atoms with E-state index in [1.807, 2.05) is 121 Å². The normalized spacial score (nSPS) is 9.06. The van der Waals surface area contributed by atoms with Crippen molar-refractivity contribution in [1.29, 1.82) is 0 Å². The second-order valence-corrected chi connectivity index (χ2v) is 9.62. The summed E-state index contributed by atoms with van der Waals surface area (Å²) in [6.45, 7) is 0. The van der Waals surface area contributed by atoms with E-state index in [0.29, 0.717) is 0 Å². The SMILES string of the molecule is [Fe].[Fe].[Fe].[Fe].[cH-]1[cH-][cH-][cH-][cH-]1.c1cc[c-](C(OC([c-]2cccc2)[c-]2cccc2)[c-]2cccc2)c1.c1cc[cH-]c1.c1cc[cH-]c1.c1cc[cH-]c1. The van der Waals surface area contributed by atoms with Gasteiger partial charge in [0, 0.05) is 80.5 Å². The third-order valence-electron chi connectivity index (χ3n) is 6.46. The molecule has 8 rings (SSSR count). The van der Waals surface area contributed by atoms with Gasteiger partial charge in [-0.05, 0) is 0 Å². The van der Waals surface area contributed by atoms with E-state index in [0.717, 1.165) is 0 Å². The van der Waals surface area contributed by atoms with Crippen molar-refractivity contribution in [2.45, 2.75) is 12.2 Å². The Bertz CT molecular complexity index is 1240. The van der Waals surface area contributed by atoms with Gasteiger partial charge in [0.2, 0.25) is 0 Å². The van der Waals surface area contributed by atoms with E-state index in [9.17, 15) is 0 Å². The van der Waals surface area contributed by atoms with Crippen LogP contribution in [0.15, 0.2) is 218 Å². The molecule has 0 unspecified atom stereocenters. The molecule has 0 amide bonds. The molecule has 0 atom stereocenters. The van der Waals surface area contributed by atoms with Crippen LogP contribution in [-0.4, -0.2) is 0 Å². The quantitative estimate of drug-likeness (QED) is 0.121. The first kappa shape index (κ1) is 43.8. The van der Waals surface area contributed by atoms with Gasteiger partial charge in [-0.25, -0.2) is 84.9 Å². The summed E-state index contributed by atoms with van der Waals surface area (Å²) in [7, 11) is 0. The van der Waals surface area contributed by atoms with Crippen LogP contribution in [0.2, 0.25) is 0 Å². The van der Waals surface area contributed by atoms with E-state index in [4.69, 9.17) is 4.74 Å². The van der Waals surface area contributed by atoms with Crippen LogP contribution in [0.5, 0.6) is 0 Å². The third-order valence-corrected chi connectivity index (χ3v) is 6.46. The van der Waals surface area contributed by atoms with Gasteiger partial charge in [0.1, 0.15) is 0 Å². The molecule has 0 N–H and O–H groups in total. The molecule has 0 aliphatic rings. The average molecular weight is 782 g/mol. The molecule has 0 aliphatic carbocycles. The van der Waals surface area contributed by atoms with Gasteiger partial charge in [0.15, 0.2) is 0 Å². The summed E-state index contributed by atoms with van der Waals surface area (Å²) in [4.78, 5) is 0. The number of ether oxygens (including phenoxy) is 1. The summed E-state index contributed by atoms with van der Waals surface area (Å²) in [5, 5.41) is 0. The smallest absolute Gasteiger partial charge is 0.0174 e. The first-order valence-electron chi connectivity index (χ1n) is 14.6. The van der Waals surface area contributed by atoms with Gasteiger partial charge in [-0.2, -0.15) is 103 Å². The Balaban J connectivity index is 0.000000717. The van der Waals surface area contributed by atoms with Crippen molar-refractivity contribution in [3.8, 4) is 0 Å². The van der Waals surface area contributed by atoms with Crippen molar-refractivity contribution in [2.75, 3.05) is 0 Å². The van der Waals surface area contributed by atoms with E-state index >= 15 is 0 Å². The summed E-state index contributed by atoms with van der Waals surface area (Å²) >= 11 is 0. The Hall–Kier alpha value is -3.16. The van der Waals surface area contributed by atoms with Crippen molar-refractivity contribution < 1.29 is 73.0 Å². The van der Waals surface area contributed by atoms with Gasteiger partial charge in [-0.1, -0.05) is 0 Å². The Kier molecular flexibility index (Phi) is 26.0. The van der Waals surface area contributed by atoms with Crippen molar-refractivity contribution in [1.82, 2.24) is 0 Å². The molecule has 47 heavy (non-hydrogen) atoms. The fraction of sp³-hybridized carbons (Fsp3) is 0.0476. The number of rotatable bonds is 6. The molecule has 0 saturated carbocycles. The van der Waals surface area contributed by atoms with Crippen LogP contribution in [0, 0.1) is 0 Å². The number of hydrogen-bond acceptors (Lipinski definition) is 1. The monoisotopic (exact) mass is 782 g/mol. The Morgan fingerprint density at radius 1 is 0.298 bits per heavy atom. The topological polar surface area (TPSA) is 9.23 Å². The van der Waals surface area contributed by atoms with E-state index in [-0.39, 0.29) is 80.5 Å². The molecule has 0 heterocycles. The predicted molar refractivity (Wildman–Crippen MR) is 181 cm³/mol. The van der Waals surface area contributed by atoms with Gasteiger partial charge in [-0.3, -0.25) is 0 Å². The van der Waals surface area contributed by atoms with Gasteiger partial charge in [0.25, 0.3) is 0 Å². The minimum Gasteiger partial charge on any atom is -0.748 e. The fourth-order valence-corrected chi connectivity index (χ4v) is 4.37. The van der Waals surface area contributed by atoms with Crippen LogP contribution >= 0.6 is 0 Å². The molecule has 0 aromatic heterocycles. The molecule has 0 saturated heterocycles. The Labute approximate surface area is 323 Å². The standard InChI is InChI=1S/C22H18O.4C5H5.4Fe/c1-2-10-17(9-1)21(18-11-3-4-12-18)23-22(19-13-5-6-14-19)20-15-7-8-16-20;4*1-2-4-5-3-1;;;;/h1-16,21-22H;4*1-5H;;;;/q-4;-5;3*-1;;;;. The second kappa shape index (κ2) is 27.9. The molecule has 256 valence electrons.